The van der Waals surface area contributed by atoms with Gasteiger partial charge in [-0.15, -0.1) is 0 Å². The first-order chi connectivity index (χ1) is 7.65. The molecule has 88 valence electrons. The second-order valence-electron chi connectivity index (χ2n) is 4.28. The van der Waals surface area contributed by atoms with Gasteiger partial charge in [0.15, 0.2) is 0 Å². The highest BCUT2D eigenvalue weighted by Crippen LogP contribution is 2.29. The van der Waals surface area contributed by atoms with Crippen LogP contribution >= 0.6 is 0 Å². The molecule has 1 N–H and O–H groups in total. The highest BCUT2D eigenvalue weighted by atomic mass is 16.5. The molecule has 0 aromatic rings. The maximum Gasteiger partial charge on any atom is 0.331 e. The first kappa shape index (κ1) is 11.1. The number of aliphatic carboxylic acids is 1. The molecule has 16 heavy (non-hydrogen) atoms. The SMILES string of the molecule is O=C(O)/C=C/C(=O)O[C@H]1CN2CCC1CC2. The van der Waals surface area contributed by atoms with Crippen molar-refractivity contribution >= 4 is 11.9 Å². The Morgan fingerprint density at radius 1 is 1.25 bits per heavy atom. The molecule has 0 aromatic carbocycles. The van der Waals surface area contributed by atoms with E-state index >= 15 is 0 Å². The number of ether oxygens (including phenoxy) is 1. The van der Waals surface area contributed by atoms with Crippen LogP contribution < -0.4 is 0 Å². The summed E-state index contributed by atoms with van der Waals surface area (Å²) >= 11 is 0. The molecule has 3 heterocycles. The van der Waals surface area contributed by atoms with Crippen molar-refractivity contribution in [3.8, 4) is 0 Å². The summed E-state index contributed by atoms with van der Waals surface area (Å²) in [4.78, 5) is 23.8. The van der Waals surface area contributed by atoms with Crippen LogP contribution in [0.1, 0.15) is 12.8 Å². The largest absolute Gasteiger partial charge is 0.478 e. The van der Waals surface area contributed by atoms with E-state index in [2.05, 4.69) is 4.90 Å². The number of carboxylic acids is 1. The monoisotopic (exact) mass is 225 g/mol. The summed E-state index contributed by atoms with van der Waals surface area (Å²) in [6.07, 6.45) is 3.86. The van der Waals surface area contributed by atoms with Gasteiger partial charge in [-0.1, -0.05) is 0 Å². The molecule has 0 radical (unpaired) electrons. The van der Waals surface area contributed by atoms with Crippen molar-refractivity contribution in [2.24, 2.45) is 5.92 Å². The summed E-state index contributed by atoms with van der Waals surface area (Å²) in [7, 11) is 0. The summed E-state index contributed by atoms with van der Waals surface area (Å²) in [6, 6.07) is 0. The highest BCUT2D eigenvalue weighted by Gasteiger charge is 2.36. The molecule has 0 aromatic heterocycles. The van der Waals surface area contributed by atoms with Crippen molar-refractivity contribution in [1.29, 1.82) is 0 Å². The Bertz CT molecular complexity index is 318. The van der Waals surface area contributed by atoms with Gasteiger partial charge in [0.2, 0.25) is 0 Å². The predicted molar refractivity (Wildman–Crippen MR) is 55.8 cm³/mol. The smallest absolute Gasteiger partial charge is 0.331 e. The van der Waals surface area contributed by atoms with E-state index in [9.17, 15) is 9.59 Å². The number of rotatable bonds is 3. The Morgan fingerprint density at radius 2 is 1.94 bits per heavy atom. The number of nitrogens with zero attached hydrogens (tertiary/aromatic N) is 1. The quantitative estimate of drug-likeness (QED) is 0.551. The van der Waals surface area contributed by atoms with Gasteiger partial charge in [0, 0.05) is 18.7 Å². The van der Waals surface area contributed by atoms with Gasteiger partial charge >= 0.3 is 11.9 Å². The molecule has 0 saturated carbocycles. The molecular formula is C11H15NO4. The fraction of sp³-hybridized carbons (Fsp3) is 0.636. The molecule has 5 nitrogen and oxygen atoms in total. The topological polar surface area (TPSA) is 66.8 Å². The lowest BCUT2D eigenvalue weighted by atomic mass is 9.86. The van der Waals surface area contributed by atoms with Crippen LogP contribution in [0.3, 0.4) is 0 Å². The summed E-state index contributed by atoms with van der Waals surface area (Å²) < 4.78 is 5.24. The number of fused-ring (bicyclic) bond motifs is 3. The number of carbonyl (C=O) groups excluding carboxylic acids is 1. The Morgan fingerprint density at radius 3 is 2.44 bits per heavy atom. The number of carboxylic acid groups (broad SMARTS) is 1. The van der Waals surface area contributed by atoms with Crippen molar-refractivity contribution in [1.82, 2.24) is 4.90 Å². The number of carbonyl (C=O) groups is 2. The van der Waals surface area contributed by atoms with Gasteiger partial charge in [-0.2, -0.15) is 0 Å². The molecule has 1 atom stereocenters. The lowest BCUT2D eigenvalue weighted by molar-refractivity contribution is -0.153. The van der Waals surface area contributed by atoms with E-state index in [1.165, 1.54) is 0 Å². The van der Waals surface area contributed by atoms with E-state index in [-0.39, 0.29) is 6.10 Å². The fourth-order valence-corrected chi connectivity index (χ4v) is 2.37. The zero-order chi connectivity index (χ0) is 11.5. The molecule has 0 unspecified atom stereocenters. The minimum Gasteiger partial charge on any atom is -0.478 e. The van der Waals surface area contributed by atoms with Crippen molar-refractivity contribution in [3.63, 3.8) is 0 Å². The van der Waals surface area contributed by atoms with Gasteiger partial charge < -0.3 is 9.84 Å². The molecule has 2 bridgehead atoms. The number of hydrogen-bond donors (Lipinski definition) is 1. The van der Waals surface area contributed by atoms with E-state index < -0.39 is 11.9 Å². The molecule has 3 rings (SSSR count). The molecular weight excluding hydrogens is 210 g/mol. The van der Waals surface area contributed by atoms with E-state index in [0.29, 0.717) is 5.92 Å². The molecule has 0 aliphatic carbocycles. The van der Waals surface area contributed by atoms with Gasteiger partial charge in [-0.05, 0) is 31.8 Å². The van der Waals surface area contributed by atoms with Gasteiger partial charge in [0.1, 0.15) is 6.10 Å². The van der Waals surface area contributed by atoms with Crippen molar-refractivity contribution in [2.75, 3.05) is 19.6 Å². The first-order valence-electron chi connectivity index (χ1n) is 5.49. The molecule has 0 spiro atoms. The number of piperidine rings is 3. The summed E-state index contributed by atoms with van der Waals surface area (Å²) in [6.45, 7) is 2.96. The highest BCUT2D eigenvalue weighted by molar-refractivity contribution is 5.90. The van der Waals surface area contributed by atoms with Crippen LogP contribution in [0.4, 0.5) is 0 Å². The Labute approximate surface area is 93.7 Å². The second kappa shape index (κ2) is 4.65. The third-order valence-corrected chi connectivity index (χ3v) is 3.23. The zero-order valence-electron chi connectivity index (χ0n) is 8.96. The molecule has 0 amide bonds. The van der Waals surface area contributed by atoms with E-state index in [1.54, 1.807) is 0 Å². The summed E-state index contributed by atoms with van der Waals surface area (Å²) in [5, 5.41) is 8.37. The third-order valence-electron chi connectivity index (χ3n) is 3.23. The van der Waals surface area contributed by atoms with Crippen LogP contribution in [-0.2, 0) is 14.3 Å². The Balaban J connectivity index is 1.85. The maximum atomic E-state index is 11.3. The lowest BCUT2D eigenvalue weighted by Crippen LogP contribution is -2.51. The van der Waals surface area contributed by atoms with E-state index in [4.69, 9.17) is 9.84 Å². The van der Waals surface area contributed by atoms with Gasteiger partial charge in [0.05, 0.1) is 0 Å². The van der Waals surface area contributed by atoms with Crippen molar-refractivity contribution in [3.05, 3.63) is 12.2 Å². The summed E-state index contributed by atoms with van der Waals surface area (Å²) in [5.74, 6) is -1.24. The van der Waals surface area contributed by atoms with Gasteiger partial charge in [-0.25, -0.2) is 9.59 Å². The minimum atomic E-state index is -1.13. The van der Waals surface area contributed by atoms with Crippen LogP contribution in [0, 0.1) is 5.92 Å². The molecule has 3 aliphatic rings. The minimum absolute atomic E-state index is 0.0616. The fourth-order valence-electron chi connectivity index (χ4n) is 2.37. The zero-order valence-corrected chi connectivity index (χ0v) is 8.96. The molecule has 5 heteroatoms. The summed E-state index contributed by atoms with van der Waals surface area (Å²) in [5.41, 5.74) is 0. The predicted octanol–water partition coefficient (Wildman–Crippen LogP) is 0.265. The van der Waals surface area contributed by atoms with Gasteiger partial charge in [0.25, 0.3) is 0 Å². The maximum absolute atomic E-state index is 11.3. The third kappa shape index (κ3) is 2.61. The average Bonchev–Trinajstić information content (AvgIpc) is 2.28. The van der Waals surface area contributed by atoms with E-state index in [0.717, 1.165) is 44.6 Å². The molecule has 3 fully saturated rings. The average molecular weight is 225 g/mol. The van der Waals surface area contributed by atoms with Crippen LogP contribution in [0.5, 0.6) is 0 Å². The van der Waals surface area contributed by atoms with E-state index in [1.807, 2.05) is 0 Å². The van der Waals surface area contributed by atoms with Crippen molar-refractivity contribution in [2.45, 2.75) is 18.9 Å². The van der Waals surface area contributed by atoms with Crippen LogP contribution in [-0.4, -0.2) is 47.7 Å². The molecule has 3 aliphatic heterocycles. The number of esters is 1. The standard InChI is InChI=1S/C11H15NO4/c13-10(14)1-2-11(15)16-9-7-12-5-3-8(9)4-6-12/h1-2,8-9H,3-7H2,(H,13,14)/b2-1+/t9-/m0/s1. The van der Waals surface area contributed by atoms with Crippen LogP contribution in [0.2, 0.25) is 0 Å². The van der Waals surface area contributed by atoms with Gasteiger partial charge in [-0.3, -0.25) is 4.90 Å². The molecule has 3 saturated heterocycles. The van der Waals surface area contributed by atoms with Crippen molar-refractivity contribution < 1.29 is 19.4 Å². The Kier molecular flexibility index (Phi) is 3.24. The second-order valence-corrected chi connectivity index (χ2v) is 4.28. The lowest BCUT2D eigenvalue weighted by Gasteiger charge is -2.43. The Hall–Kier alpha value is -1.36. The van der Waals surface area contributed by atoms with Crippen LogP contribution in [0.25, 0.3) is 0 Å². The van der Waals surface area contributed by atoms with Crippen LogP contribution in [0.15, 0.2) is 12.2 Å². The number of hydrogen-bond acceptors (Lipinski definition) is 4. The normalized spacial score (nSPS) is 32.9. The first-order valence-corrected chi connectivity index (χ1v) is 5.49.